The minimum atomic E-state index is -5.25. The summed E-state index contributed by atoms with van der Waals surface area (Å²) in [5.41, 5.74) is -2.19. The summed E-state index contributed by atoms with van der Waals surface area (Å²) in [6, 6.07) is 1.44. The number of imidazole rings is 1. The summed E-state index contributed by atoms with van der Waals surface area (Å²) in [5.74, 6) is -3.03. The Labute approximate surface area is 190 Å². The highest BCUT2D eigenvalue weighted by Gasteiger charge is 2.39. The van der Waals surface area contributed by atoms with Gasteiger partial charge in [0, 0.05) is 7.05 Å². The van der Waals surface area contributed by atoms with Gasteiger partial charge in [-0.15, -0.1) is 0 Å². The van der Waals surface area contributed by atoms with Gasteiger partial charge in [0.1, 0.15) is 16.0 Å². The fourth-order valence-corrected chi connectivity index (χ4v) is 4.19. The molecular formula is C17H12BrF6N5O3S. The van der Waals surface area contributed by atoms with E-state index in [1.165, 1.54) is 23.9 Å². The van der Waals surface area contributed by atoms with Crippen LogP contribution in [0.3, 0.4) is 0 Å². The third-order valence-electron chi connectivity index (χ3n) is 4.43. The van der Waals surface area contributed by atoms with E-state index in [4.69, 9.17) is 0 Å². The number of carbonyl (C=O) groups is 1. The number of rotatable bonds is 4. The number of aryl methyl sites for hydroxylation is 1. The number of sulfone groups is 1. The normalized spacial score (nSPS) is 12.9. The Kier molecular flexibility index (Phi) is 6.21. The molecule has 0 atom stereocenters. The van der Waals surface area contributed by atoms with E-state index in [1.54, 1.807) is 0 Å². The van der Waals surface area contributed by atoms with Crippen molar-refractivity contribution in [2.45, 2.75) is 24.2 Å². The van der Waals surface area contributed by atoms with Crippen LogP contribution in [0.5, 0.6) is 0 Å². The third-order valence-corrected chi connectivity index (χ3v) is 6.78. The molecule has 0 fully saturated rings. The Morgan fingerprint density at radius 1 is 1.15 bits per heavy atom. The average Bonchev–Trinajstić information content (AvgIpc) is 3.03. The number of nitrogens with one attached hydrogen (secondary N) is 1. The van der Waals surface area contributed by atoms with Crippen molar-refractivity contribution >= 4 is 48.4 Å². The minimum absolute atomic E-state index is 0.116. The molecule has 0 saturated heterocycles. The van der Waals surface area contributed by atoms with E-state index in [-0.39, 0.29) is 27.2 Å². The number of amides is 1. The second kappa shape index (κ2) is 8.23. The smallest absolute Gasteiger partial charge is 0.324 e. The molecule has 3 heterocycles. The van der Waals surface area contributed by atoms with Crippen molar-refractivity contribution in [2.24, 2.45) is 7.05 Å². The van der Waals surface area contributed by atoms with Gasteiger partial charge in [0.05, 0.1) is 33.6 Å². The van der Waals surface area contributed by atoms with Gasteiger partial charge < -0.3 is 9.88 Å². The number of pyridine rings is 2. The lowest BCUT2D eigenvalue weighted by molar-refractivity contribution is -0.167. The Morgan fingerprint density at radius 2 is 1.79 bits per heavy atom. The molecule has 3 aromatic rings. The Bertz CT molecular complexity index is 1370. The third kappa shape index (κ3) is 4.80. The molecule has 178 valence electrons. The predicted molar refractivity (Wildman–Crippen MR) is 107 cm³/mol. The number of hydrogen-bond acceptors (Lipinski definition) is 6. The maximum absolute atomic E-state index is 13.0. The van der Waals surface area contributed by atoms with E-state index < -0.39 is 50.1 Å². The van der Waals surface area contributed by atoms with Gasteiger partial charge in [-0.2, -0.15) is 26.3 Å². The SMILES string of the molecule is CCS(=O)(=O)c1cc(NC(=O)C(F)(F)F)c(Br)nc1-c1nc2cc(C(F)(F)F)ncc2n1C. The summed E-state index contributed by atoms with van der Waals surface area (Å²) in [6.07, 6.45) is -9.10. The van der Waals surface area contributed by atoms with Crippen molar-refractivity contribution in [3.05, 3.63) is 28.6 Å². The fraction of sp³-hybridized carbons (Fsp3) is 0.294. The molecule has 3 rings (SSSR count). The molecule has 16 heteroatoms. The van der Waals surface area contributed by atoms with Crippen LogP contribution in [0, 0.1) is 0 Å². The van der Waals surface area contributed by atoms with Crippen molar-refractivity contribution in [3.8, 4) is 11.5 Å². The molecular weight excluding hydrogens is 548 g/mol. The first kappa shape index (κ1) is 24.9. The van der Waals surface area contributed by atoms with Crippen LogP contribution in [0.4, 0.5) is 32.0 Å². The summed E-state index contributed by atoms with van der Waals surface area (Å²) in [5, 5.41) is 1.53. The zero-order valence-corrected chi connectivity index (χ0v) is 18.9. The fourth-order valence-electron chi connectivity index (χ4n) is 2.76. The lowest BCUT2D eigenvalue weighted by Gasteiger charge is -2.14. The van der Waals surface area contributed by atoms with Gasteiger partial charge in [-0.3, -0.25) is 4.79 Å². The van der Waals surface area contributed by atoms with E-state index in [0.717, 1.165) is 12.3 Å². The average molecular weight is 560 g/mol. The first-order valence-electron chi connectivity index (χ1n) is 8.77. The molecule has 33 heavy (non-hydrogen) atoms. The highest BCUT2D eigenvalue weighted by atomic mass is 79.9. The largest absolute Gasteiger partial charge is 0.471 e. The summed E-state index contributed by atoms with van der Waals surface area (Å²) in [4.78, 5) is 22.1. The van der Waals surface area contributed by atoms with Crippen LogP contribution in [0.2, 0.25) is 0 Å². The quantitative estimate of drug-likeness (QED) is 0.381. The van der Waals surface area contributed by atoms with Crippen LogP contribution in [0.25, 0.3) is 22.6 Å². The molecule has 0 radical (unpaired) electrons. The van der Waals surface area contributed by atoms with Crippen molar-refractivity contribution in [1.82, 2.24) is 19.5 Å². The molecule has 0 bridgehead atoms. The number of hydrogen-bond donors (Lipinski definition) is 1. The van der Waals surface area contributed by atoms with Crippen molar-refractivity contribution in [1.29, 1.82) is 0 Å². The molecule has 3 aromatic heterocycles. The van der Waals surface area contributed by atoms with Crippen molar-refractivity contribution < 1.29 is 39.6 Å². The monoisotopic (exact) mass is 559 g/mol. The number of nitrogens with zero attached hydrogens (tertiary/aromatic N) is 4. The number of fused-ring (bicyclic) bond motifs is 1. The summed E-state index contributed by atoms with van der Waals surface area (Å²) < 4.78 is 103. The summed E-state index contributed by atoms with van der Waals surface area (Å²) >= 11 is 2.88. The van der Waals surface area contributed by atoms with Gasteiger partial charge in [0.25, 0.3) is 0 Å². The highest BCUT2D eigenvalue weighted by Crippen LogP contribution is 2.35. The van der Waals surface area contributed by atoms with Crippen LogP contribution < -0.4 is 5.32 Å². The number of carbonyl (C=O) groups excluding carboxylic acids is 1. The Morgan fingerprint density at radius 3 is 2.33 bits per heavy atom. The number of aromatic nitrogens is 4. The Hall–Kier alpha value is -2.75. The van der Waals surface area contributed by atoms with Crippen LogP contribution in [-0.4, -0.2) is 45.8 Å². The van der Waals surface area contributed by atoms with E-state index in [0.29, 0.717) is 6.07 Å². The first-order valence-corrected chi connectivity index (χ1v) is 11.2. The predicted octanol–water partition coefficient (Wildman–Crippen LogP) is 4.11. The number of halogens is 7. The Balaban J connectivity index is 2.26. The molecule has 0 unspecified atom stereocenters. The zero-order valence-electron chi connectivity index (χ0n) is 16.5. The summed E-state index contributed by atoms with van der Waals surface area (Å²) in [7, 11) is -2.77. The van der Waals surface area contributed by atoms with Crippen LogP contribution in [0.15, 0.2) is 27.8 Å². The van der Waals surface area contributed by atoms with Crippen LogP contribution in [0.1, 0.15) is 12.6 Å². The molecule has 0 aliphatic carbocycles. The summed E-state index contributed by atoms with van der Waals surface area (Å²) in [6.45, 7) is 1.27. The van der Waals surface area contributed by atoms with Crippen molar-refractivity contribution in [2.75, 3.05) is 11.1 Å². The van der Waals surface area contributed by atoms with Gasteiger partial charge in [0.15, 0.2) is 15.7 Å². The lowest BCUT2D eigenvalue weighted by Crippen LogP contribution is -2.30. The van der Waals surface area contributed by atoms with E-state index in [9.17, 15) is 39.6 Å². The van der Waals surface area contributed by atoms with Crippen LogP contribution in [-0.2, 0) is 27.9 Å². The highest BCUT2D eigenvalue weighted by molar-refractivity contribution is 9.10. The van der Waals surface area contributed by atoms with Gasteiger partial charge in [-0.25, -0.2) is 23.4 Å². The standard InChI is InChI=1S/C17H12BrF6N5O3S/c1-3-33(31,32)10-4-8(27-15(30)17(22,23)24)13(18)28-12(10)14-26-7-5-11(16(19,20)21)25-6-9(7)29(14)2/h4-6H,3H2,1-2H3,(H,27,30). The van der Waals surface area contributed by atoms with Crippen LogP contribution >= 0.6 is 15.9 Å². The molecule has 1 amide bonds. The van der Waals surface area contributed by atoms with Gasteiger partial charge in [-0.05, 0) is 28.1 Å². The maximum atomic E-state index is 13.0. The van der Waals surface area contributed by atoms with Gasteiger partial charge >= 0.3 is 18.3 Å². The molecule has 0 saturated carbocycles. The number of anilines is 1. The topological polar surface area (TPSA) is 107 Å². The van der Waals surface area contributed by atoms with E-state index in [1.807, 2.05) is 0 Å². The zero-order chi connectivity index (χ0) is 24.9. The molecule has 0 spiro atoms. The van der Waals surface area contributed by atoms with Gasteiger partial charge in [0.2, 0.25) is 0 Å². The second-order valence-corrected chi connectivity index (χ2v) is 9.58. The molecule has 0 aliphatic rings. The maximum Gasteiger partial charge on any atom is 0.471 e. The number of alkyl halides is 6. The van der Waals surface area contributed by atoms with Gasteiger partial charge in [-0.1, -0.05) is 6.92 Å². The lowest BCUT2D eigenvalue weighted by atomic mass is 10.3. The van der Waals surface area contributed by atoms with E-state index in [2.05, 4.69) is 30.9 Å². The minimum Gasteiger partial charge on any atom is -0.324 e. The van der Waals surface area contributed by atoms with E-state index >= 15 is 0 Å². The first-order chi connectivity index (χ1) is 15.1. The van der Waals surface area contributed by atoms with Crippen molar-refractivity contribution in [3.63, 3.8) is 0 Å². The molecule has 8 nitrogen and oxygen atoms in total. The second-order valence-electron chi connectivity index (χ2n) is 6.58. The molecule has 0 aromatic carbocycles. The molecule has 1 N–H and O–H groups in total. The molecule has 0 aliphatic heterocycles.